The minimum atomic E-state index is -0.415. The lowest BCUT2D eigenvalue weighted by atomic mass is 9.95. The molecule has 0 radical (unpaired) electrons. The zero-order valence-electron chi connectivity index (χ0n) is 24.3. The van der Waals surface area contributed by atoms with Crippen LogP contribution in [0.3, 0.4) is 0 Å². The Balaban J connectivity index is 1.71. The summed E-state index contributed by atoms with van der Waals surface area (Å²) in [5, 5.41) is 8.83. The Bertz CT molecular complexity index is 1500. The molecule has 3 aromatic carbocycles. The van der Waals surface area contributed by atoms with Crippen molar-refractivity contribution in [1.82, 2.24) is 5.32 Å². The number of benzene rings is 2. The van der Waals surface area contributed by atoms with Crippen molar-refractivity contribution in [1.29, 1.82) is 0 Å². The summed E-state index contributed by atoms with van der Waals surface area (Å²) >= 11 is 0. The van der Waals surface area contributed by atoms with Crippen LogP contribution in [0, 0.1) is 0 Å². The van der Waals surface area contributed by atoms with Crippen LogP contribution in [0.25, 0.3) is 11.1 Å². The number of aryl methyl sites for hydroxylation is 1. The van der Waals surface area contributed by atoms with E-state index in [9.17, 15) is 14.4 Å². The Hall–Kier alpha value is -4.53. The molecule has 0 saturated carbocycles. The van der Waals surface area contributed by atoms with Gasteiger partial charge in [-0.25, -0.2) is 0 Å². The first kappa shape index (κ1) is 29.5. The average molecular weight is 560 g/mol. The first-order chi connectivity index (χ1) is 19.7. The first-order valence-corrected chi connectivity index (χ1v) is 13.6. The lowest BCUT2D eigenvalue weighted by molar-refractivity contribution is -0.119. The van der Waals surface area contributed by atoms with Gasteiger partial charge in [0.2, 0.25) is 23.0 Å². The number of methoxy groups -OCH3 is 3. The summed E-state index contributed by atoms with van der Waals surface area (Å²) in [4.78, 5) is 38.2. The number of carbonyl (C=O) groups excluding carboxylic acids is 2. The Morgan fingerprint density at radius 2 is 1.66 bits per heavy atom. The number of amides is 2. The van der Waals surface area contributed by atoms with E-state index in [0.29, 0.717) is 52.8 Å². The highest BCUT2D eigenvalue weighted by molar-refractivity contribution is 5.93. The number of rotatable bonds is 9. The number of hydrogen-bond acceptors (Lipinski definition) is 7. The second-order valence-electron chi connectivity index (χ2n) is 10.3. The normalized spacial score (nSPS) is 13.8. The molecule has 0 fully saturated rings. The molecule has 0 spiro atoms. The topological polar surface area (TPSA) is 115 Å². The molecule has 0 unspecified atom stereocenters. The molecule has 4 rings (SSSR count). The van der Waals surface area contributed by atoms with E-state index >= 15 is 0 Å². The molecule has 1 aliphatic rings. The molecule has 41 heavy (non-hydrogen) atoms. The van der Waals surface area contributed by atoms with Gasteiger partial charge in [-0.1, -0.05) is 32.0 Å². The Morgan fingerprint density at radius 3 is 2.27 bits per heavy atom. The van der Waals surface area contributed by atoms with Gasteiger partial charge >= 0.3 is 0 Å². The first-order valence-electron chi connectivity index (χ1n) is 13.6. The van der Waals surface area contributed by atoms with Crippen LogP contribution in [0.15, 0.2) is 53.3 Å². The number of anilines is 2. The van der Waals surface area contributed by atoms with Gasteiger partial charge in [0.05, 0.1) is 39.6 Å². The van der Waals surface area contributed by atoms with Crippen molar-refractivity contribution in [2.45, 2.75) is 45.6 Å². The summed E-state index contributed by atoms with van der Waals surface area (Å²) in [6.07, 6.45) is 1.16. The molecule has 9 heteroatoms. The molecule has 0 bridgehead atoms. The minimum absolute atomic E-state index is 0.101. The monoisotopic (exact) mass is 559 g/mol. The van der Waals surface area contributed by atoms with E-state index in [1.54, 1.807) is 20.3 Å². The van der Waals surface area contributed by atoms with Crippen LogP contribution < -0.4 is 35.6 Å². The molecular weight excluding hydrogens is 522 g/mol. The predicted molar refractivity (Wildman–Crippen MR) is 160 cm³/mol. The maximum absolute atomic E-state index is 13.4. The maximum atomic E-state index is 13.4. The van der Waals surface area contributed by atoms with Crippen molar-refractivity contribution < 1.29 is 23.8 Å². The lowest BCUT2D eigenvalue weighted by Crippen LogP contribution is -2.27. The molecule has 1 atom stereocenters. The fourth-order valence-corrected chi connectivity index (χ4v) is 5.19. The fourth-order valence-electron chi connectivity index (χ4n) is 5.19. The summed E-state index contributed by atoms with van der Waals surface area (Å²) in [5.41, 5.74) is 4.87. The summed E-state index contributed by atoms with van der Waals surface area (Å²) in [5.74, 6) is 1.34. The van der Waals surface area contributed by atoms with Gasteiger partial charge in [-0.2, -0.15) is 0 Å². The zero-order valence-corrected chi connectivity index (χ0v) is 24.3. The molecule has 3 N–H and O–H groups in total. The van der Waals surface area contributed by atoms with Gasteiger partial charge in [-0.05, 0) is 71.3 Å². The van der Waals surface area contributed by atoms with E-state index in [1.165, 1.54) is 25.7 Å². The molecule has 9 nitrogen and oxygen atoms in total. The van der Waals surface area contributed by atoms with Crippen LogP contribution in [0.1, 0.15) is 55.8 Å². The molecule has 216 valence electrons. The maximum Gasteiger partial charge on any atom is 0.243 e. The van der Waals surface area contributed by atoms with Crippen molar-refractivity contribution in [2.75, 3.05) is 38.5 Å². The van der Waals surface area contributed by atoms with Gasteiger partial charge in [-0.15, -0.1) is 0 Å². The molecule has 0 heterocycles. The Kier molecular flexibility index (Phi) is 9.17. The average Bonchev–Trinajstić information content (AvgIpc) is 3.19. The number of ether oxygens (including phenoxy) is 3. The van der Waals surface area contributed by atoms with E-state index in [0.717, 1.165) is 11.1 Å². The van der Waals surface area contributed by atoms with Gasteiger partial charge in [0.1, 0.15) is 0 Å². The highest BCUT2D eigenvalue weighted by Crippen LogP contribution is 2.50. The Morgan fingerprint density at radius 1 is 0.951 bits per heavy atom. The summed E-state index contributed by atoms with van der Waals surface area (Å²) in [6, 6.07) is 14.2. The highest BCUT2D eigenvalue weighted by atomic mass is 16.5. The molecule has 0 saturated heterocycles. The van der Waals surface area contributed by atoms with Gasteiger partial charge < -0.3 is 30.2 Å². The second kappa shape index (κ2) is 12.8. The van der Waals surface area contributed by atoms with Crippen LogP contribution in [0.4, 0.5) is 11.4 Å². The quantitative estimate of drug-likeness (QED) is 0.337. The number of nitrogens with one attached hydrogen (secondary N) is 3. The van der Waals surface area contributed by atoms with Crippen molar-refractivity contribution in [3.8, 4) is 28.4 Å². The van der Waals surface area contributed by atoms with Crippen LogP contribution in [0.5, 0.6) is 17.2 Å². The van der Waals surface area contributed by atoms with Crippen LogP contribution in [-0.4, -0.2) is 39.7 Å². The number of carbonyl (C=O) groups is 2. The lowest BCUT2D eigenvalue weighted by Gasteiger charge is -2.19. The standard InChI is InChI=1S/C32H37N3O6/c1-18(2)20-7-10-22(11-8-20)35-29(38)17-33-26-14-12-23-24(16-27(26)37)25(34-19(3)36)13-9-21-15-28(39-4)31(40-5)32(41-6)30(21)23/h7-8,10-12,14-16,18,25H,9,13,17H2,1-6H3,(H,33,37)(H,34,36)(H,35,38)/t25-/m0/s1. The highest BCUT2D eigenvalue weighted by Gasteiger charge is 2.29. The van der Waals surface area contributed by atoms with E-state index in [4.69, 9.17) is 14.2 Å². The smallest absolute Gasteiger partial charge is 0.243 e. The zero-order chi connectivity index (χ0) is 29.7. The molecular formula is C32H37N3O6. The predicted octanol–water partition coefficient (Wildman–Crippen LogP) is 5.04. The third-order valence-corrected chi connectivity index (χ3v) is 7.22. The van der Waals surface area contributed by atoms with Crippen molar-refractivity contribution >= 4 is 23.2 Å². The van der Waals surface area contributed by atoms with E-state index in [2.05, 4.69) is 29.8 Å². The van der Waals surface area contributed by atoms with E-state index in [-0.39, 0.29) is 29.5 Å². The van der Waals surface area contributed by atoms with Crippen molar-refractivity contribution in [2.24, 2.45) is 0 Å². The number of fused-ring (bicyclic) bond motifs is 3. The molecule has 3 aromatic rings. The third-order valence-electron chi connectivity index (χ3n) is 7.22. The minimum Gasteiger partial charge on any atom is -0.493 e. The summed E-state index contributed by atoms with van der Waals surface area (Å²) < 4.78 is 17.0. The van der Waals surface area contributed by atoms with Gasteiger partial charge in [0, 0.05) is 18.2 Å². The fraction of sp³-hybridized carbons (Fsp3) is 0.344. The van der Waals surface area contributed by atoms with Crippen LogP contribution in [0.2, 0.25) is 0 Å². The molecule has 0 aliphatic heterocycles. The number of hydrogen-bond donors (Lipinski definition) is 3. The van der Waals surface area contributed by atoms with Gasteiger partial charge in [0.25, 0.3) is 0 Å². The van der Waals surface area contributed by atoms with Crippen LogP contribution >= 0.6 is 0 Å². The van der Waals surface area contributed by atoms with Gasteiger partial charge in [0.15, 0.2) is 11.5 Å². The third kappa shape index (κ3) is 6.45. The Labute approximate surface area is 240 Å². The van der Waals surface area contributed by atoms with Gasteiger partial charge in [-0.3, -0.25) is 14.4 Å². The van der Waals surface area contributed by atoms with Crippen molar-refractivity contribution in [3.05, 3.63) is 75.4 Å². The van der Waals surface area contributed by atoms with E-state index in [1.807, 2.05) is 36.4 Å². The second-order valence-corrected chi connectivity index (χ2v) is 10.3. The largest absolute Gasteiger partial charge is 0.493 e. The SMILES string of the molecule is COc1cc2c(c(OC)c1OC)-c1ccc(NCC(=O)Nc3ccc(C(C)C)cc3)c(=O)cc1[C@@H](NC(C)=O)CC2. The molecule has 2 amide bonds. The van der Waals surface area contributed by atoms with E-state index < -0.39 is 6.04 Å². The molecule has 1 aliphatic carbocycles. The summed E-state index contributed by atoms with van der Waals surface area (Å²) in [6.45, 7) is 5.57. The van der Waals surface area contributed by atoms with Crippen LogP contribution in [-0.2, 0) is 16.0 Å². The summed E-state index contributed by atoms with van der Waals surface area (Å²) in [7, 11) is 4.65. The van der Waals surface area contributed by atoms with Crippen molar-refractivity contribution in [3.63, 3.8) is 0 Å². The molecule has 0 aromatic heterocycles.